The molecule has 2 aromatic carbocycles. The number of methoxy groups -OCH3 is 3. The lowest BCUT2D eigenvalue weighted by molar-refractivity contribution is -0.632. The number of nitrogens with one attached hydrogen (secondary N) is 1. The number of ether oxygens (including phenoxy) is 3. The highest BCUT2D eigenvalue weighted by Crippen LogP contribution is 2.44. The molecule has 168 valence electrons. The van der Waals surface area contributed by atoms with E-state index in [0.29, 0.717) is 34.0 Å². The Labute approximate surface area is 192 Å². The Balaban J connectivity index is 2.11. The van der Waals surface area contributed by atoms with Crippen molar-refractivity contribution in [2.45, 2.75) is 20.8 Å². The number of nitriles is 1. The molecule has 33 heavy (non-hydrogen) atoms. The molecule has 0 aliphatic heterocycles. The molecular weight excluding hydrogens is 418 g/mol. The first-order chi connectivity index (χ1) is 15.8. The highest BCUT2D eigenvalue weighted by Gasteiger charge is 2.29. The largest absolute Gasteiger partial charge is 0.493 e. The van der Waals surface area contributed by atoms with E-state index in [0.717, 1.165) is 22.3 Å². The third kappa shape index (κ3) is 3.48. The van der Waals surface area contributed by atoms with Crippen LogP contribution in [-0.4, -0.2) is 31.4 Å². The molecule has 0 atom stereocenters. The first-order valence-electron chi connectivity index (χ1n) is 10.4. The van der Waals surface area contributed by atoms with Gasteiger partial charge in [-0.1, -0.05) is 6.07 Å². The summed E-state index contributed by atoms with van der Waals surface area (Å²) in [7, 11) is 4.65. The number of hydrogen-bond acceptors (Lipinski definition) is 6. The highest BCUT2D eigenvalue weighted by atomic mass is 16.5. The summed E-state index contributed by atoms with van der Waals surface area (Å²) in [5.74, 6) is 1.57. The van der Waals surface area contributed by atoms with E-state index >= 15 is 0 Å². The number of rotatable bonds is 5. The number of hydrogen-bond donors (Lipinski definition) is 2. The monoisotopic (exact) mass is 444 g/mol. The van der Waals surface area contributed by atoms with E-state index in [1.165, 1.54) is 5.56 Å². The van der Waals surface area contributed by atoms with Crippen LogP contribution in [0.3, 0.4) is 0 Å². The second-order valence-corrected chi connectivity index (χ2v) is 7.81. The third-order valence-electron chi connectivity index (χ3n) is 5.89. The molecule has 8 nitrogen and oxygen atoms in total. The lowest BCUT2D eigenvalue weighted by atomic mass is 9.96. The van der Waals surface area contributed by atoms with Crippen LogP contribution in [0.4, 0.5) is 5.82 Å². The maximum absolute atomic E-state index is 9.98. The van der Waals surface area contributed by atoms with Gasteiger partial charge in [-0.05, 0) is 66.7 Å². The zero-order chi connectivity index (χ0) is 23.9. The third-order valence-corrected chi connectivity index (χ3v) is 5.89. The van der Waals surface area contributed by atoms with E-state index < -0.39 is 0 Å². The van der Waals surface area contributed by atoms with E-state index in [-0.39, 0.29) is 11.4 Å². The number of pyridine rings is 1. The molecule has 0 saturated carbocycles. The van der Waals surface area contributed by atoms with E-state index in [9.17, 15) is 5.26 Å². The number of aromatic amines is 1. The summed E-state index contributed by atoms with van der Waals surface area (Å²) < 4.78 is 18.4. The van der Waals surface area contributed by atoms with Gasteiger partial charge in [-0.15, -0.1) is 4.68 Å². The number of benzene rings is 2. The fraction of sp³-hybridized carbons (Fsp3) is 0.240. The van der Waals surface area contributed by atoms with E-state index in [1.54, 1.807) is 21.3 Å². The van der Waals surface area contributed by atoms with Gasteiger partial charge in [0.15, 0.2) is 17.2 Å². The molecule has 0 amide bonds. The fourth-order valence-corrected chi connectivity index (χ4v) is 4.06. The van der Waals surface area contributed by atoms with Crippen LogP contribution >= 0.6 is 0 Å². The van der Waals surface area contributed by atoms with Crippen molar-refractivity contribution in [2.75, 3.05) is 27.1 Å². The number of fused-ring (bicyclic) bond motifs is 1. The molecule has 2 heterocycles. The van der Waals surface area contributed by atoms with Crippen molar-refractivity contribution in [2.24, 2.45) is 0 Å². The summed E-state index contributed by atoms with van der Waals surface area (Å²) in [6, 6.07) is 12.0. The molecule has 4 aromatic rings. The van der Waals surface area contributed by atoms with E-state index in [4.69, 9.17) is 19.9 Å². The zero-order valence-corrected chi connectivity index (χ0v) is 19.5. The standard InChI is InChI=1S/C25H25N5O3/c1-13-7-8-17(9-14(13)2)30-25-21(15(3)29-30)22(18(12-26)24(27)28-25)16-10-19(31-4)23(33-6)20(11-16)32-5/h7-11H,1-6H3,(H2,27,28,29)/p+1. The predicted octanol–water partition coefficient (Wildman–Crippen LogP) is 3.91. The quantitative estimate of drug-likeness (QED) is 0.452. The molecule has 0 radical (unpaired) electrons. The Hall–Kier alpha value is -4.25. The summed E-state index contributed by atoms with van der Waals surface area (Å²) in [5.41, 5.74) is 12.7. The molecular formula is C25H26N5O3+. The van der Waals surface area contributed by atoms with Gasteiger partial charge in [0.2, 0.25) is 5.75 Å². The second-order valence-electron chi connectivity index (χ2n) is 7.81. The first-order valence-corrected chi connectivity index (χ1v) is 10.4. The first kappa shape index (κ1) is 22.0. The molecule has 0 fully saturated rings. The average Bonchev–Trinajstić information content (AvgIpc) is 3.14. The average molecular weight is 445 g/mol. The van der Waals surface area contributed by atoms with Crippen LogP contribution in [0.15, 0.2) is 30.3 Å². The van der Waals surface area contributed by atoms with Crippen molar-refractivity contribution in [3.63, 3.8) is 0 Å². The van der Waals surface area contributed by atoms with Gasteiger partial charge in [-0.25, -0.2) is 5.10 Å². The minimum Gasteiger partial charge on any atom is -0.493 e. The van der Waals surface area contributed by atoms with Crippen molar-refractivity contribution in [3.05, 3.63) is 52.7 Å². The number of nitrogens with zero attached hydrogens (tertiary/aromatic N) is 3. The smallest absolute Gasteiger partial charge is 0.359 e. The van der Waals surface area contributed by atoms with Crippen molar-refractivity contribution in [3.8, 4) is 40.1 Å². The van der Waals surface area contributed by atoms with Gasteiger partial charge in [0.1, 0.15) is 17.0 Å². The number of aromatic nitrogens is 3. The molecule has 0 saturated heterocycles. The molecule has 8 heteroatoms. The Morgan fingerprint density at radius 1 is 0.970 bits per heavy atom. The van der Waals surface area contributed by atoms with Crippen molar-refractivity contribution < 1.29 is 18.9 Å². The maximum atomic E-state index is 9.98. The lowest BCUT2D eigenvalue weighted by Gasteiger charge is -2.15. The number of nitrogens with two attached hydrogens (primary N) is 1. The van der Waals surface area contributed by atoms with Crippen LogP contribution < -0.4 is 24.6 Å². The molecule has 0 spiro atoms. The van der Waals surface area contributed by atoms with Crippen LogP contribution in [0.25, 0.3) is 27.8 Å². The normalized spacial score (nSPS) is 10.8. The van der Waals surface area contributed by atoms with Crippen LogP contribution in [0, 0.1) is 32.1 Å². The fourth-order valence-electron chi connectivity index (χ4n) is 4.06. The van der Waals surface area contributed by atoms with Gasteiger partial charge in [0.25, 0.3) is 5.82 Å². The Morgan fingerprint density at radius 3 is 2.18 bits per heavy atom. The van der Waals surface area contributed by atoms with Gasteiger partial charge in [-0.2, -0.15) is 5.26 Å². The number of H-pyrrole nitrogens is 1. The van der Waals surface area contributed by atoms with Crippen molar-refractivity contribution in [1.82, 2.24) is 10.1 Å². The second kappa shape index (κ2) is 8.36. The Morgan fingerprint density at radius 2 is 1.64 bits per heavy atom. The lowest BCUT2D eigenvalue weighted by Crippen LogP contribution is -2.34. The predicted molar refractivity (Wildman–Crippen MR) is 126 cm³/mol. The van der Waals surface area contributed by atoms with Crippen LogP contribution in [0.2, 0.25) is 0 Å². The van der Waals surface area contributed by atoms with Gasteiger partial charge >= 0.3 is 5.65 Å². The van der Waals surface area contributed by atoms with Crippen LogP contribution in [0.5, 0.6) is 17.2 Å². The zero-order valence-electron chi connectivity index (χ0n) is 19.5. The Bertz CT molecular complexity index is 1410. The molecule has 3 N–H and O–H groups in total. The van der Waals surface area contributed by atoms with Gasteiger partial charge in [-0.3, -0.25) is 0 Å². The van der Waals surface area contributed by atoms with Crippen LogP contribution in [-0.2, 0) is 0 Å². The molecule has 0 aliphatic carbocycles. The summed E-state index contributed by atoms with van der Waals surface area (Å²) in [5, 5.41) is 14.2. The van der Waals surface area contributed by atoms with Gasteiger partial charge in [0, 0.05) is 5.56 Å². The summed E-state index contributed by atoms with van der Waals surface area (Å²) in [6.45, 7) is 6.08. The van der Waals surface area contributed by atoms with Gasteiger partial charge < -0.3 is 19.9 Å². The Kier molecular flexibility index (Phi) is 5.56. The highest BCUT2D eigenvalue weighted by molar-refractivity contribution is 5.99. The molecule has 0 aliphatic rings. The van der Waals surface area contributed by atoms with Crippen LogP contribution in [0.1, 0.15) is 22.4 Å². The number of anilines is 1. The van der Waals surface area contributed by atoms with E-state index in [1.807, 2.05) is 29.8 Å². The minimum absolute atomic E-state index is 0.144. The summed E-state index contributed by atoms with van der Waals surface area (Å²) >= 11 is 0. The molecule has 2 aromatic heterocycles. The molecule has 0 bridgehead atoms. The molecule has 0 unspecified atom stereocenters. The van der Waals surface area contributed by atoms with Crippen molar-refractivity contribution >= 4 is 16.9 Å². The molecule has 4 rings (SSSR count). The van der Waals surface area contributed by atoms with Gasteiger partial charge in [0.05, 0.1) is 27.0 Å². The topological polar surface area (TPSA) is 110 Å². The maximum Gasteiger partial charge on any atom is 0.359 e. The SMILES string of the molecule is COc1cc(-c2c(C#N)c(N)nc3c2c(C)[nH][n+]3-c2ccc(C)c(C)c2)cc(OC)c1OC. The van der Waals surface area contributed by atoms with E-state index in [2.05, 4.69) is 42.1 Å². The summed E-state index contributed by atoms with van der Waals surface area (Å²) in [6.07, 6.45) is 0. The van der Waals surface area contributed by atoms with Crippen molar-refractivity contribution in [1.29, 1.82) is 5.26 Å². The summed E-state index contributed by atoms with van der Waals surface area (Å²) in [4.78, 5) is 4.60. The number of aryl methyl sites for hydroxylation is 3. The number of nitrogen functional groups attached to an aromatic ring is 1. The minimum atomic E-state index is 0.144.